The number of hydrogen-bond acceptors (Lipinski definition) is 2. The molecule has 0 unspecified atom stereocenters. The van der Waals surface area contributed by atoms with Gasteiger partial charge in [0, 0.05) is 12.1 Å². The monoisotopic (exact) mass is 226 g/mol. The molecule has 0 amide bonds. The van der Waals surface area contributed by atoms with Crippen LogP contribution in [-0.4, -0.2) is 37.6 Å². The van der Waals surface area contributed by atoms with Crippen molar-refractivity contribution in [2.24, 2.45) is 5.92 Å². The van der Waals surface area contributed by atoms with Gasteiger partial charge in [-0.05, 0) is 45.8 Å². The Bertz CT molecular complexity index is 181. The Kier molecular flexibility index (Phi) is 5.77. The first-order valence-corrected chi connectivity index (χ1v) is 6.95. The first kappa shape index (κ1) is 14.0. The molecule has 1 aliphatic carbocycles. The van der Waals surface area contributed by atoms with E-state index in [-0.39, 0.29) is 0 Å². The third kappa shape index (κ3) is 4.06. The molecule has 0 spiro atoms. The van der Waals surface area contributed by atoms with Crippen LogP contribution in [0.5, 0.6) is 0 Å². The predicted molar refractivity (Wildman–Crippen MR) is 71.8 cm³/mol. The number of likely N-dealkylation sites (N-methyl/N-ethyl adjacent to an activating group) is 1. The molecule has 0 heterocycles. The summed E-state index contributed by atoms with van der Waals surface area (Å²) < 4.78 is 0. The molecule has 1 aliphatic rings. The van der Waals surface area contributed by atoms with Crippen LogP contribution in [0.3, 0.4) is 0 Å². The third-order valence-electron chi connectivity index (χ3n) is 4.09. The highest BCUT2D eigenvalue weighted by molar-refractivity contribution is 4.92. The average Bonchev–Trinajstić information content (AvgIpc) is 2.25. The summed E-state index contributed by atoms with van der Waals surface area (Å²) >= 11 is 0. The zero-order valence-corrected chi connectivity index (χ0v) is 11.7. The summed E-state index contributed by atoms with van der Waals surface area (Å²) in [5.74, 6) is 0.814. The van der Waals surface area contributed by atoms with Gasteiger partial charge in [0.05, 0.1) is 0 Å². The lowest BCUT2D eigenvalue weighted by molar-refractivity contribution is 0.0985. The lowest BCUT2D eigenvalue weighted by Crippen LogP contribution is -2.53. The fraction of sp³-hybridized carbons (Fsp3) is 1.00. The molecule has 0 saturated heterocycles. The number of nitrogens with one attached hydrogen (secondary N) is 1. The molecule has 1 N–H and O–H groups in total. The van der Waals surface area contributed by atoms with E-state index < -0.39 is 0 Å². The largest absolute Gasteiger partial charge is 0.315 e. The van der Waals surface area contributed by atoms with Gasteiger partial charge in [0.1, 0.15) is 0 Å². The van der Waals surface area contributed by atoms with Gasteiger partial charge < -0.3 is 10.2 Å². The standard InChI is InChI=1S/C14H30N2/c1-13(2)8-11-15-12-14(16(3)4)9-6-5-7-10-14/h13,15H,5-12H2,1-4H3. The van der Waals surface area contributed by atoms with Crippen LogP contribution in [0.4, 0.5) is 0 Å². The fourth-order valence-corrected chi connectivity index (χ4v) is 2.70. The Morgan fingerprint density at radius 2 is 1.75 bits per heavy atom. The van der Waals surface area contributed by atoms with Crippen LogP contribution >= 0.6 is 0 Å². The van der Waals surface area contributed by atoms with Gasteiger partial charge in [-0.25, -0.2) is 0 Å². The van der Waals surface area contributed by atoms with Gasteiger partial charge in [-0.15, -0.1) is 0 Å². The lowest BCUT2D eigenvalue weighted by Gasteiger charge is -2.43. The maximum atomic E-state index is 3.67. The van der Waals surface area contributed by atoms with Crippen molar-refractivity contribution in [3.8, 4) is 0 Å². The molecular weight excluding hydrogens is 196 g/mol. The first-order chi connectivity index (χ1) is 7.57. The summed E-state index contributed by atoms with van der Waals surface area (Å²) in [4.78, 5) is 2.45. The molecule has 0 aliphatic heterocycles. The van der Waals surface area contributed by atoms with E-state index in [4.69, 9.17) is 0 Å². The molecule has 0 atom stereocenters. The molecule has 2 nitrogen and oxygen atoms in total. The predicted octanol–water partition coefficient (Wildman–Crippen LogP) is 2.89. The summed E-state index contributed by atoms with van der Waals surface area (Å²) in [7, 11) is 4.49. The van der Waals surface area contributed by atoms with E-state index in [1.54, 1.807) is 0 Å². The van der Waals surface area contributed by atoms with Crippen molar-refractivity contribution < 1.29 is 0 Å². The van der Waals surface area contributed by atoms with Crippen molar-refractivity contribution in [3.05, 3.63) is 0 Å². The quantitative estimate of drug-likeness (QED) is 0.701. The van der Waals surface area contributed by atoms with Crippen LogP contribution in [0, 0.1) is 5.92 Å². The molecule has 1 saturated carbocycles. The Labute approximate surface area is 102 Å². The molecular formula is C14H30N2. The van der Waals surface area contributed by atoms with Crippen LogP contribution in [0.25, 0.3) is 0 Å². The van der Waals surface area contributed by atoms with Gasteiger partial charge in [0.25, 0.3) is 0 Å². The second kappa shape index (κ2) is 6.61. The summed E-state index contributed by atoms with van der Waals surface area (Å²) in [6.07, 6.45) is 8.28. The van der Waals surface area contributed by atoms with Crippen molar-refractivity contribution in [1.29, 1.82) is 0 Å². The fourth-order valence-electron chi connectivity index (χ4n) is 2.70. The highest BCUT2D eigenvalue weighted by Crippen LogP contribution is 2.31. The minimum Gasteiger partial charge on any atom is -0.315 e. The molecule has 1 rings (SSSR count). The van der Waals surface area contributed by atoms with E-state index in [0.29, 0.717) is 5.54 Å². The average molecular weight is 226 g/mol. The zero-order valence-electron chi connectivity index (χ0n) is 11.7. The zero-order chi connectivity index (χ0) is 12.0. The van der Waals surface area contributed by atoms with E-state index in [2.05, 4.69) is 38.2 Å². The van der Waals surface area contributed by atoms with Gasteiger partial charge in [-0.1, -0.05) is 33.1 Å². The molecule has 0 aromatic heterocycles. The van der Waals surface area contributed by atoms with Gasteiger partial charge in [-0.3, -0.25) is 0 Å². The normalized spacial score (nSPS) is 20.6. The number of rotatable bonds is 6. The van der Waals surface area contributed by atoms with Crippen LogP contribution in [-0.2, 0) is 0 Å². The van der Waals surface area contributed by atoms with Gasteiger partial charge in [0.2, 0.25) is 0 Å². The molecule has 96 valence electrons. The second-order valence-electron chi connectivity index (χ2n) is 6.04. The smallest absolute Gasteiger partial charge is 0.0327 e. The summed E-state index contributed by atoms with van der Waals surface area (Å²) in [5.41, 5.74) is 0.440. The Hall–Kier alpha value is -0.0800. The van der Waals surface area contributed by atoms with Crippen molar-refractivity contribution in [3.63, 3.8) is 0 Å². The van der Waals surface area contributed by atoms with Crippen LogP contribution < -0.4 is 5.32 Å². The molecule has 0 aromatic carbocycles. The van der Waals surface area contributed by atoms with Crippen molar-refractivity contribution in [2.45, 2.75) is 57.9 Å². The number of nitrogens with zero attached hydrogens (tertiary/aromatic N) is 1. The number of hydrogen-bond donors (Lipinski definition) is 1. The highest BCUT2D eigenvalue weighted by atomic mass is 15.2. The van der Waals surface area contributed by atoms with Gasteiger partial charge in [-0.2, -0.15) is 0 Å². The van der Waals surface area contributed by atoms with E-state index in [1.807, 2.05) is 0 Å². The highest BCUT2D eigenvalue weighted by Gasteiger charge is 2.33. The maximum absolute atomic E-state index is 3.67. The van der Waals surface area contributed by atoms with E-state index >= 15 is 0 Å². The first-order valence-electron chi connectivity index (χ1n) is 6.95. The van der Waals surface area contributed by atoms with Crippen molar-refractivity contribution in [2.75, 3.05) is 27.2 Å². The molecule has 2 heteroatoms. The molecule has 1 fully saturated rings. The topological polar surface area (TPSA) is 15.3 Å². The van der Waals surface area contributed by atoms with Crippen molar-refractivity contribution >= 4 is 0 Å². The second-order valence-corrected chi connectivity index (χ2v) is 6.04. The minimum absolute atomic E-state index is 0.440. The summed E-state index contributed by atoms with van der Waals surface area (Å²) in [6.45, 7) is 6.94. The Morgan fingerprint density at radius 1 is 1.12 bits per heavy atom. The molecule has 0 aromatic rings. The van der Waals surface area contributed by atoms with E-state index in [9.17, 15) is 0 Å². The van der Waals surface area contributed by atoms with E-state index in [0.717, 1.165) is 5.92 Å². The minimum atomic E-state index is 0.440. The van der Waals surface area contributed by atoms with E-state index in [1.165, 1.54) is 51.6 Å². The Balaban J connectivity index is 2.33. The summed E-state index contributed by atoms with van der Waals surface area (Å²) in [5, 5.41) is 3.67. The Morgan fingerprint density at radius 3 is 2.25 bits per heavy atom. The lowest BCUT2D eigenvalue weighted by atomic mass is 9.80. The van der Waals surface area contributed by atoms with Crippen molar-refractivity contribution in [1.82, 2.24) is 10.2 Å². The third-order valence-corrected chi connectivity index (χ3v) is 4.09. The van der Waals surface area contributed by atoms with Crippen LogP contribution in [0.15, 0.2) is 0 Å². The van der Waals surface area contributed by atoms with Gasteiger partial charge >= 0.3 is 0 Å². The molecule has 0 bridgehead atoms. The SMILES string of the molecule is CC(C)CCNCC1(N(C)C)CCCCC1. The van der Waals surface area contributed by atoms with Crippen LogP contribution in [0.2, 0.25) is 0 Å². The molecule has 0 radical (unpaired) electrons. The van der Waals surface area contributed by atoms with Crippen LogP contribution in [0.1, 0.15) is 52.4 Å². The summed E-state index contributed by atoms with van der Waals surface area (Å²) in [6, 6.07) is 0. The van der Waals surface area contributed by atoms with Gasteiger partial charge in [0.15, 0.2) is 0 Å². The maximum Gasteiger partial charge on any atom is 0.0327 e. The molecule has 16 heavy (non-hydrogen) atoms.